The van der Waals surface area contributed by atoms with Crippen LogP contribution in [0.25, 0.3) is 0 Å². The van der Waals surface area contributed by atoms with E-state index in [-0.39, 0.29) is 11.9 Å². The van der Waals surface area contributed by atoms with Crippen molar-refractivity contribution in [3.8, 4) is 0 Å². The molecule has 0 aliphatic carbocycles. The quantitative estimate of drug-likeness (QED) is 0.770. The summed E-state index contributed by atoms with van der Waals surface area (Å²) in [5, 5.41) is 6.78. The molecule has 0 unspecified atom stereocenters. The van der Waals surface area contributed by atoms with Crippen LogP contribution in [0.4, 0.5) is 4.79 Å². The number of amides is 3. The Kier molecular flexibility index (Phi) is 6.11. The molecule has 2 heterocycles. The van der Waals surface area contributed by atoms with Gasteiger partial charge in [-0.2, -0.15) is 16.9 Å². The van der Waals surface area contributed by atoms with Crippen molar-refractivity contribution in [2.75, 3.05) is 18.6 Å². The van der Waals surface area contributed by atoms with Gasteiger partial charge in [0.05, 0.1) is 12.6 Å². The number of hydrogen-bond donors (Lipinski definition) is 2. The summed E-state index contributed by atoms with van der Waals surface area (Å²) in [5.41, 5.74) is 5.20. The minimum Gasteiger partial charge on any atom is -0.352 e. The van der Waals surface area contributed by atoms with Crippen LogP contribution in [-0.4, -0.2) is 57.3 Å². The van der Waals surface area contributed by atoms with Crippen LogP contribution in [-0.2, 0) is 11.3 Å². The van der Waals surface area contributed by atoms with Crippen molar-refractivity contribution < 1.29 is 9.59 Å². The van der Waals surface area contributed by atoms with Crippen molar-refractivity contribution in [1.29, 1.82) is 0 Å². The lowest BCUT2D eigenvalue weighted by atomic mass is 10.1. The third-order valence-electron chi connectivity index (χ3n) is 3.84. The van der Waals surface area contributed by atoms with Gasteiger partial charge in [0.2, 0.25) is 5.91 Å². The Morgan fingerprint density at radius 2 is 2.36 bits per heavy atom. The molecule has 1 aromatic rings. The highest BCUT2D eigenvalue weighted by Gasteiger charge is 2.33. The number of primary amides is 1. The second-order valence-electron chi connectivity index (χ2n) is 5.40. The summed E-state index contributed by atoms with van der Waals surface area (Å²) in [6.45, 7) is 1.41. The van der Waals surface area contributed by atoms with Gasteiger partial charge in [0.1, 0.15) is 6.04 Å². The number of aromatic nitrogens is 2. The molecular weight excluding hydrogens is 302 g/mol. The van der Waals surface area contributed by atoms with E-state index >= 15 is 0 Å². The number of hydrogen-bond acceptors (Lipinski definition) is 4. The molecule has 1 fully saturated rings. The van der Waals surface area contributed by atoms with Gasteiger partial charge in [-0.15, -0.1) is 0 Å². The summed E-state index contributed by atoms with van der Waals surface area (Å²) in [4.78, 5) is 25.8. The molecule has 0 aromatic carbocycles. The monoisotopic (exact) mass is 325 g/mol. The molecule has 0 spiro atoms. The van der Waals surface area contributed by atoms with Crippen molar-refractivity contribution >= 4 is 23.7 Å². The van der Waals surface area contributed by atoms with Crippen LogP contribution in [0.3, 0.4) is 0 Å². The first-order valence-electron chi connectivity index (χ1n) is 7.44. The highest BCUT2D eigenvalue weighted by atomic mass is 32.2. The third-order valence-corrected chi connectivity index (χ3v) is 4.49. The molecule has 2 rings (SSSR count). The fraction of sp³-hybridized carbons (Fsp3) is 0.643. The van der Waals surface area contributed by atoms with Crippen LogP contribution in [0.2, 0.25) is 0 Å². The fourth-order valence-corrected chi connectivity index (χ4v) is 3.28. The molecule has 3 N–H and O–H groups in total. The van der Waals surface area contributed by atoms with Crippen LogP contribution in [0.1, 0.15) is 19.3 Å². The van der Waals surface area contributed by atoms with Crippen molar-refractivity contribution in [3.05, 3.63) is 18.5 Å². The molecule has 3 amide bonds. The van der Waals surface area contributed by atoms with Gasteiger partial charge in [-0.05, 0) is 37.3 Å². The van der Waals surface area contributed by atoms with Gasteiger partial charge in [-0.1, -0.05) is 0 Å². The molecule has 8 heteroatoms. The first-order valence-corrected chi connectivity index (χ1v) is 8.84. The Morgan fingerprint density at radius 3 is 3.00 bits per heavy atom. The van der Waals surface area contributed by atoms with Crippen molar-refractivity contribution in [3.63, 3.8) is 0 Å². The molecule has 0 saturated carbocycles. The first kappa shape index (κ1) is 16.7. The minimum atomic E-state index is -0.651. The molecular formula is C14H23N5O2S. The highest BCUT2D eigenvalue weighted by molar-refractivity contribution is 7.98. The number of nitrogens with one attached hydrogen (secondary N) is 1. The SMILES string of the molecule is CSCC[C@H](NC(N)=O)C(=O)N1CCC[C@H]1Cn1cccn1. The molecule has 1 aromatic heterocycles. The Labute approximate surface area is 134 Å². The van der Waals surface area contributed by atoms with Gasteiger partial charge in [-0.25, -0.2) is 4.79 Å². The average Bonchev–Trinajstić information content (AvgIpc) is 3.14. The molecule has 7 nitrogen and oxygen atoms in total. The molecule has 1 saturated heterocycles. The Bertz CT molecular complexity index is 493. The summed E-state index contributed by atoms with van der Waals surface area (Å²) >= 11 is 1.64. The van der Waals surface area contributed by atoms with E-state index in [2.05, 4.69) is 10.4 Å². The van der Waals surface area contributed by atoms with Gasteiger partial charge < -0.3 is 16.0 Å². The molecule has 22 heavy (non-hydrogen) atoms. The van der Waals surface area contributed by atoms with Gasteiger partial charge in [0.15, 0.2) is 0 Å². The van der Waals surface area contributed by atoms with E-state index in [1.54, 1.807) is 18.0 Å². The Morgan fingerprint density at radius 1 is 1.55 bits per heavy atom. The molecule has 1 aliphatic heterocycles. The first-order chi connectivity index (χ1) is 10.6. The second-order valence-corrected chi connectivity index (χ2v) is 6.38. The fourth-order valence-electron chi connectivity index (χ4n) is 2.80. The van der Waals surface area contributed by atoms with Gasteiger partial charge >= 0.3 is 6.03 Å². The zero-order valence-electron chi connectivity index (χ0n) is 12.8. The molecule has 0 radical (unpaired) electrons. The average molecular weight is 325 g/mol. The minimum absolute atomic E-state index is 0.0393. The maximum atomic E-state index is 12.7. The van der Waals surface area contributed by atoms with E-state index in [1.807, 2.05) is 28.1 Å². The van der Waals surface area contributed by atoms with Crippen LogP contribution < -0.4 is 11.1 Å². The van der Waals surface area contributed by atoms with Crippen molar-refractivity contribution in [2.45, 2.75) is 37.9 Å². The molecule has 1 aliphatic rings. The van der Waals surface area contributed by atoms with Crippen LogP contribution >= 0.6 is 11.8 Å². The second kappa shape index (κ2) is 8.07. The van der Waals surface area contributed by atoms with E-state index in [4.69, 9.17) is 5.73 Å². The molecule has 2 atom stereocenters. The number of thioether (sulfide) groups is 1. The Balaban J connectivity index is 2.01. The van der Waals surface area contributed by atoms with E-state index in [0.29, 0.717) is 13.0 Å². The molecule has 122 valence electrons. The largest absolute Gasteiger partial charge is 0.352 e. The van der Waals surface area contributed by atoms with E-state index in [0.717, 1.165) is 25.1 Å². The lowest BCUT2D eigenvalue weighted by Crippen LogP contribution is -2.52. The summed E-state index contributed by atoms with van der Waals surface area (Å²) in [6.07, 6.45) is 8.13. The summed E-state index contributed by atoms with van der Waals surface area (Å²) in [7, 11) is 0. The van der Waals surface area contributed by atoms with Crippen LogP contribution in [0, 0.1) is 0 Å². The smallest absolute Gasteiger partial charge is 0.312 e. The topological polar surface area (TPSA) is 93.2 Å². The number of rotatable bonds is 7. The number of nitrogens with two attached hydrogens (primary N) is 1. The number of carbonyl (C=O) groups is 2. The zero-order valence-corrected chi connectivity index (χ0v) is 13.6. The predicted molar refractivity (Wildman–Crippen MR) is 86.5 cm³/mol. The predicted octanol–water partition coefficient (Wildman–Crippen LogP) is 0.664. The number of carbonyl (C=O) groups excluding carboxylic acids is 2. The lowest BCUT2D eigenvalue weighted by molar-refractivity contribution is -0.134. The highest BCUT2D eigenvalue weighted by Crippen LogP contribution is 2.20. The van der Waals surface area contributed by atoms with Gasteiger partial charge in [0, 0.05) is 18.9 Å². The van der Waals surface area contributed by atoms with Crippen LogP contribution in [0.15, 0.2) is 18.5 Å². The summed E-state index contributed by atoms with van der Waals surface area (Å²) < 4.78 is 1.84. The van der Waals surface area contributed by atoms with E-state index in [9.17, 15) is 9.59 Å². The zero-order chi connectivity index (χ0) is 15.9. The summed E-state index contributed by atoms with van der Waals surface area (Å²) in [6, 6.07) is 0.807. The van der Waals surface area contributed by atoms with Gasteiger partial charge in [-0.3, -0.25) is 9.48 Å². The van der Waals surface area contributed by atoms with Gasteiger partial charge in [0.25, 0.3) is 0 Å². The standard InChI is InChI=1S/C14H23N5O2S/c1-22-9-5-12(17-14(15)21)13(20)19-8-2-4-11(19)10-18-7-3-6-16-18/h3,6-7,11-12H,2,4-5,8-10H2,1H3,(H3,15,17,21)/t11-,12-/m0/s1. The molecule has 0 bridgehead atoms. The Hall–Kier alpha value is -1.70. The maximum Gasteiger partial charge on any atom is 0.312 e. The van der Waals surface area contributed by atoms with E-state index in [1.165, 1.54) is 0 Å². The third kappa shape index (κ3) is 4.40. The normalized spacial score (nSPS) is 19.1. The maximum absolute atomic E-state index is 12.7. The van der Waals surface area contributed by atoms with Crippen molar-refractivity contribution in [1.82, 2.24) is 20.0 Å². The van der Waals surface area contributed by atoms with Crippen molar-refractivity contribution in [2.24, 2.45) is 5.73 Å². The number of likely N-dealkylation sites (tertiary alicyclic amines) is 1. The lowest BCUT2D eigenvalue weighted by Gasteiger charge is -2.29. The number of urea groups is 1. The van der Waals surface area contributed by atoms with Crippen LogP contribution in [0.5, 0.6) is 0 Å². The summed E-state index contributed by atoms with van der Waals surface area (Å²) in [5.74, 6) is 0.761. The number of nitrogens with zero attached hydrogens (tertiary/aromatic N) is 3. The van der Waals surface area contributed by atoms with E-state index < -0.39 is 12.1 Å².